The van der Waals surface area contributed by atoms with Gasteiger partial charge in [0.25, 0.3) is 0 Å². The third kappa shape index (κ3) is 2.14. The zero-order valence-corrected chi connectivity index (χ0v) is 10.3. The van der Waals surface area contributed by atoms with E-state index in [0.717, 1.165) is 12.3 Å². The summed E-state index contributed by atoms with van der Waals surface area (Å²) in [5, 5.41) is 15.5. The number of carboxylic acid groups (broad SMARTS) is 1. The number of benzene rings is 1. The highest BCUT2D eigenvalue weighted by atomic mass is 19.4. The van der Waals surface area contributed by atoms with E-state index in [9.17, 15) is 18.0 Å². The zero-order chi connectivity index (χ0) is 15.2. The second-order valence-electron chi connectivity index (χ2n) is 4.41. The average Bonchev–Trinajstić information content (AvgIpc) is 3.02. The van der Waals surface area contributed by atoms with Crippen LogP contribution in [-0.2, 0) is 6.18 Å². The van der Waals surface area contributed by atoms with Gasteiger partial charge in [0.1, 0.15) is 5.56 Å². The van der Waals surface area contributed by atoms with Crippen LogP contribution >= 0.6 is 0 Å². The minimum atomic E-state index is -4.49. The number of para-hydroxylation sites is 1. The lowest BCUT2D eigenvalue weighted by atomic mass is 10.1. The van der Waals surface area contributed by atoms with Crippen molar-refractivity contribution in [3.05, 3.63) is 41.6 Å². The summed E-state index contributed by atoms with van der Waals surface area (Å²) >= 11 is 0. The van der Waals surface area contributed by atoms with Crippen LogP contribution < -0.4 is 0 Å². The lowest BCUT2D eigenvalue weighted by molar-refractivity contribution is -0.136. The Morgan fingerprint density at radius 1 is 1.29 bits per heavy atom. The van der Waals surface area contributed by atoms with Gasteiger partial charge in [-0.25, -0.2) is 4.79 Å². The molecule has 0 amide bonds. The van der Waals surface area contributed by atoms with E-state index in [-0.39, 0.29) is 22.5 Å². The highest BCUT2D eigenvalue weighted by Crippen LogP contribution is 2.36. The summed E-state index contributed by atoms with van der Waals surface area (Å²) in [6, 6.07) is 5.23. The van der Waals surface area contributed by atoms with Crippen molar-refractivity contribution in [2.45, 2.75) is 6.18 Å². The Morgan fingerprint density at radius 2 is 2.05 bits per heavy atom. The van der Waals surface area contributed by atoms with E-state index < -0.39 is 17.7 Å². The number of carbonyl (C=O) groups is 1. The molecular formula is C13H8F3N3O2. The average molecular weight is 295 g/mol. The van der Waals surface area contributed by atoms with Crippen LogP contribution in [0.4, 0.5) is 13.2 Å². The minimum Gasteiger partial charge on any atom is -0.478 e. The first-order chi connectivity index (χ1) is 9.88. The predicted octanol–water partition coefficient (Wildman–Crippen LogP) is 3.28. The van der Waals surface area contributed by atoms with Crippen molar-refractivity contribution in [3.63, 3.8) is 0 Å². The quantitative estimate of drug-likeness (QED) is 0.678. The van der Waals surface area contributed by atoms with Gasteiger partial charge in [-0.1, -0.05) is 12.1 Å². The minimum absolute atomic E-state index is 0.0917. The monoisotopic (exact) mass is 295 g/mol. The topological polar surface area (TPSA) is 81.8 Å². The van der Waals surface area contributed by atoms with Crippen molar-refractivity contribution >= 4 is 16.9 Å². The number of nitrogens with zero attached hydrogens (tertiary/aromatic N) is 1. The van der Waals surface area contributed by atoms with Crippen LogP contribution in [0.2, 0.25) is 0 Å². The number of alkyl halides is 3. The van der Waals surface area contributed by atoms with Gasteiger partial charge in [0, 0.05) is 5.39 Å². The van der Waals surface area contributed by atoms with Crippen molar-refractivity contribution in [2.75, 3.05) is 0 Å². The Balaban J connectivity index is 2.23. The molecule has 108 valence electrons. The van der Waals surface area contributed by atoms with Gasteiger partial charge in [-0.15, -0.1) is 0 Å². The normalized spacial score (nSPS) is 12.0. The van der Waals surface area contributed by atoms with Crippen molar-refractivity contribution in [1.82, 2.24) is 15.2 Å². The molecule has 1 aromatic carbocycles. The SMILES string of the molecule is O=C(O)c1cn[nH]c1-c1cc2cccc(C(F)(F)F)c2[nH]1. The second-order valence-corrected chi connectivity index (χ2v) is 4.41. The summed E-state index contributed by atoms with van der Waals surface area (Å²) in [5.41, 5.74) is -0.646. The summed E-state index contributed by atoms with van der Waals surface area (Å²) in [5.74, 6) is -1.21. The van der Waals surface area contributed by atoms with E-state index in [2.05, 4.69) is 15.2 Å². The molecular weight excluding hydrogens is 287 g/mol. The highest BCUT2D eigenvalue weighted by Gasteiger charge is 2.33. The molecule has 3 aromatic rings. The lowest BCUT2D eigenvalue weighted by Crippen LogP contribution is -2.05. The third-order valence-electron chi connectivity index (χ3n) is 3.10. The van der Waals surface area contributed by atoms with Gasteiger partial charge < -0.3 is 10.1 Å². The molecule has 3 rings (SSSR count). The number of hydrogen-bond acceptors (Lipinski definition) is 2. The largest absolute Gasteiger partial charge is 0.478 e. The number of aromatic amines is 2. The van der Waals surface area contributed by atoms with Crippen LogP contribution in [0.3, 0.4) is 0 Å². The van der Waals surface area contributed by atoms with E-state index in [0.29, 0.717) is 5.39 Å². The zero-order valence-electron chi connectivity index (χ0n) is 10.3. The maximum Gasteiger partial charge on any atom is 0.418 e. The summed E-state index contributed by atoms with van der Waals surface area (Å²) in [7, 11) is 0. The molecule has 5 nitrogen and oxygen atoms in total. The molecule has 0 aliphatic rings. The molecule has 2 aromatic heterocycles. The van der Waals surface area contributed by atoms with Gasteiger partial charge in [0.15, 0.2) is 0 Å². The number of hydrogen-bond donors (Lipinski definition) is 3. The predicted molar refractivity (Wildman–Crippen MR) is 67.8 cm³/mol. The van der Waals surface area contributed by atoms with E-state index in [1.807, 2.05) is 0 Å². The van der Waals surface area contributed by atoms with Gasteiger partial charge in [-0.3, -0.25) is 5.10 Å². The first-order valence-corrected chi connectivity index (χ1v) is 5.84. The molecule has 21 heavy (non-hydrogen) atoms. The van der Waals surface area contributed by atoms with Gasteiger partial charge in [-0.2, -0.15) is 18.3 Å². The fraction of sp³-hybridized carbons (Fsp3) is 0.0769. The smallest absolute Gasteiger partial charge is 0.418 e. The number of nitrogens with one attached hydrogen (secondary N) is 2. The van der Waals surface area contributed by atoms with Crippen molar-refractivity contribution in [2.24, 2.45) is 0 Å². The summed E-state index contributed by atoms with van der Waals surface area (Å²) in [6.45, 7) is 0. The molecule has 0 saturated carbocycles. The van der Waals surface area contributed by atoms with Gasteiger partial charge >= 0.3 is 12.1 Å². The number of halogens is 3. The number of rotatable bonds is 2. The molecule has 3 N–H and O–H groups in total. The molecule has 0 aliphatic carbocycles. The van der Waals surface area contributed by atoms with Crippen molar-refractivity contribution in [3.8, 4) is 11.4 Å². The van der Waals surface area contributed by atoms with Crippen LogP contribution in [0.1, 0.15) is 15.9 Å². The van der Waals surface area contributed by atoms with Crippen LogP contribution in [0.25, 0.3) is 22.3 Å². The van der Waals surface area contributed by atoms with Crippen molar-refractivity contribution < 1.29 is 23.1 Å². The maximum atomic E-state index is 12.9. The fourth-order valence-electron chi connectivity index (χ4n) is 2.18. The molecule has 0 spiro atoms. The standard InChI is InChI=1S/C13H8F3N3O2/c14-13(15,16)8-3-1-2-6-4-9(18-10(6)8)11-7(12(20)21)5-17-19-11/h1-5,18H,(H,17,19)(H,20,21). The van der Waals surface area contributed by atoms with Gasteiger partial charge in [-0.05, 0) is 12.1 Å². The molecule has 8 heteroatoms. The molecule has 0 atom stereocenters. The Hall–Kier alpha value is -2.77. The Morgan fingerprint density at radius 3 is 2.71 bits per heavy atom. The number of aromatic nitrogens is 3. The van der Waals surface area contributed by atoms with Crippen LogP contribution in [-0.4, -0.2) is 26.3 Å². The van der Waals surface area contributed by atoms with Crippen LogP contribution in [0, 0.1) is 0 Å². The Bertz CT molecular complexity index is 833. The van der Waals surface area contributed by atoms with Crippen LogP contribution in [0.15, 0.2) is 30.5 Å². The van der Waals surface area contributed by atoms with E-state index in [1.165, 1.54) is 18.2 Å². The fourth-order valence-corrected chi connectivity index (χ4v) is 2.18. The molecule has 0 saturated heterocycles. The first kappa shape index (κ1) is 13.2. The maximum absolute atomic E-state index is 12.9. The summed E-state index contributed by atoms with van der Waals surface area (Å²) in [4.78, 5) is 13.7. The molecule has 0 fully saturated rings. The second kappa shape index (κ2) is 4.37. The van der Waals surface area contributed by atoms with Crippen LogP contribution in [0.5, 0.6) is 0 Å². The molecule has 0 unspecified atom stereocenters. The number of fused-ring (bicyclic) bond motifs is 1. The van der Waals surface area contributed by atoms with Gasteiger partial charge in [0.05, 0.1) is 28.7 Å². The lowest BCUT2D eigenvalue weighted by Gasteiger charge is -2.07. The molecule has 0 bridgehead atoms. The molecule has 0 aliphatic heterocycles. The Labute approximate surface area is 115 Å². The molecule has 2 heterocycles. The Kier molecular flexibility index (Phi) is 2.75. The number of carboxylic acids is 1. The number of H-pyrrole nitrogens is 2. The summed E-state index contributed by atoms with van der Waals surface area (Å²) < 4.78 is 38.8. The van der Waals surface area contributed by atoms with Crippen molar-refractivity contribution in [1.29, 1.82) is 0 Å². The van der Waals surface area contributed by atoms with E-state index >= 15 is 0 Å². The van der Waals surface area contributed by atoms with E-state index in [1.54, 1.807) is 0 Å². The third-order valence-corrected chi connectivity index (χ3v) is 3.10. The first-order valence-electron chi connectivity index (χ1n) is 5.84. The summed E-state index contributed by atoms with van der Waals surface area (Å²) in [6.07, 6.45) is -3.39. The van der Waals surface area contributed by atoms with Gasteiger partial charge in [0.2, 0.25) is 0 Å². The highest BCUT2D eigenvalue weighted by molar-refractivity contribution is 5.96. The van der Waals surface area contributed by atoms with E-state index in [4.69, 9.17) is 5.11 Å². The number of aromatic carboxylic acids is 1. The molecule has 0 radical (unpaired) electrons.